The van der Waals surface area contributed by atoms with Crippen molar-refractivity contribution in [2.75, 3.05) is 33.2 Å². The van der Waals surface area contributed by atoms with Crippen molar-refractivity contribution < 1.29 is 23.8 Å². The summed E-state index contributed by atoms with van der Waals surface area (Å²) >= 11 is 0. The zero-order valence-corrected chi connectivity index (χ0v) is 16.2. The molecule has 2 aromatic rings. The van der Waals surface area contributed by atoms with Crippen LogP contribution < -0.4 is 19.5 Å². The zero-order valence-electron chi connectivity index (χ0n) is 16.2. The Kier molecular flexibility index (Phi) is 6.03. The number of likely N-dealkylation sites (tertiary alicyclic amines) is 1. The van der Waals surface area contributed by atoms with Crippen molar-refractivity contribution in [3.63, 3.8) is 0 Å². The van der Waals surface area contributed by atoms with Gasteiger partial charge in [-0.15, -0.1) is 0 Å². The summed E-state index contributed by atoms with van der Waals surface area (Å²) in [7, 11) is 4.69. The lowest BCUT2D eigenvalue weighted by molar-refractivity contribution is -0.128. The van der Waals surface area contributed by atoms with E-state index in [0.29, 0.717) is 30.3 Å². The van der Waals surface area contributed by atoms with E-state index in [1.54, 1.807) is 37.3 Å². The van der Waals surface area contributed by atoms with Gasteiger partial charge < -0.3 is 24.4 Å². The van der Waals surface area contributed by atoms with Gasteiger partial charge in [0.1, 0.15) is 17.2 Å². The van der Waals surface area contributed by atoms with Gasteiger partial charge in [-0.3, -0.25) is 9.59 Å². The molecule has 1 atom stereocenters. The van der Waals surface area contributed by atoms with E-state index in [0.717, 1.165) is 11.3 Å². The number of carbonyl (C=O) groups excluding carboxylic acids is 2. The second kappa shape index (κ2) is 8.65. The Morgan fingerprint density at radius 3 is 2.54 bits per heavy atom. The van der Waals surface area contributed by atoms with Gasteiger partial charge >= 0.3 is 0 Å². The van der Waals surface area contributed by atoms with Crippen LogP contribution >= 0.6 is 0 Å². The van der Waals surface area contributed by atoms with E-state index < -0.39 is 5.92 Å². The molecule has 0 aromatic heterocycles. The number of hydrogen-bond acceptors (Lipinski definition) is 5. The van der Waals surface area contributed by atoms with Crippen molar-refractivity contribution >= 4 is 17.5 Å². The Balaban J connectivity index is 1.67. The van der Waals surface area contributed by atoms with Crippen LogP contribution in [0.1, 0.15) is 12.0 Å². The fraction of sp³-hybridized carbons (Fsp3) is 0.333. The summed E-state index contributed by atoms with van der Waals surface area (Å²) < 4.78 is 15.8. The van der Waals surface area contributed by atoms with E-state index in [9.17, 15) is 9.59 Å². The monoisotopic (exact) mass is 384 g/mol. The van der Waals surface area contributed by atoms with Crippen LogP contribution in [-0.4, -0.2) is 44.6 Å². The standard InChI is InChI=1S/C21H24N2O5/c1-26-16-8-9-17(19(11-16)28-3)22-21(25)15-10-20(24)23(13-15)12-14-6-4-5-7-18(14)27-2/h4-9,11,15H,10,12-13H2,1-3H3,(H,22,25). The molecule has 1 heterocycles. The Bertz CT molecular complexity index is 868. The number of para-hydroxylation sites is 1. The lowest BCUT2D eigenvalue weighted by Crippen LogP contribution is -2.28. The Morgan fingerprint density at radius 1 is 1.07 bits per heavy atom. The van der Waals surface area contributed by atoms with Gasteiger partial charge in [-0.25, -0.2) is 0 Å². The first-order valence-electron chi connectivity index (χ1n) is 8.98. The highest BCUT2D eigenvalue weighted by Crippen LogP contribution is 2.31. The van der Waals surface area contributed by atoms with Gasteiger partial charge in [0.15, 0.2) is 0 Å². The van der Waals surface area contributed by atoms with Gasteiger partial charge in [-0.1, -0.05) is 18.2 Å². The number of anilines is 1. The van der Waals surface area contributed by atoms with Crippen molar-refractivity contribution in [2.24, 2.45) is 5.92 Å². The molecule has 1 fully saturated rings. The number of nitrogens with one attached hydrogen (secondary N) is 1. The first-order chi connectivity index (χ1) is 13.5. The molecule has 1 unspecified atom stereocenters. The molecule has 2 amide bonds. The van der Waals surface area contributed by atoms with E-state index in [-0.39, 0.29) is 18.2 Å². The molecule has 2 aromatic carbocycles. The zero-order chi connectivity index (χ0) is 20.1. The fourth-order valence-electron chi connectivity index (χ4n) is 3.28. The van der Waals surface area contributed by atoms with Crippen LogP contribution in [-0.2, 0) is 16.1 Å². The third-order valence-electron chi connectivity index (χ3n) is 4.81. The van der Waals surface area contributed by atoms with Crippen LogP contribution in [0, 0.1) is 5.92 Å². The van der Waals surface area contributed by atoms with Gasteiger partial charge in [-0.2, -0.15) is 0 Å². The third-order valence-corrected chi connectivity index (χ3v) is 4.81. The largest absolute Gasteiger partial charge is 0.497 e. The molecule has 148 valence electrons. The molecule has 28 heavy (non-hydrogen) atoms. The maximum Gasteiger partial charge on any atom is 0.229 e. The van der Waals surface area contributed by atoms with Crippen LogP contribution in [0.25, 0.3) is 0 Å². The van der Waals surface area contributed by atoms with Gasteiger partial charge in [0.25, 0.3) is 0 Å². The van der Waals surface area contributed by atoms with E-state index >= 15 is 0 Å². The van der Waals surface area contributed by atoms with E-state index in [4.69, 9.17) is 14.2 Å². The Morgan fingerprint density at radius 2 is 1.82 bits per heavy atom. The number of nitrogens with zero attached hydrogens (tertiary/aromatic N) is 1. The van der Waals surface area contributed by atoms with E-state index in [1.807, 2.05) is 24.3 Å². The van der Waals surface area contributed by atoms with E-state index in [2.05, 4.69) is 5.32 Å². The summed E-state index contributed by atoms with van der Waals surface area (Å²) in [6.07, 6.45) is 0.180. The molecule has 0 saturated carbocycles. The molecule has 1 aliphatic heterocycles. The normalized spacial score (nSPS) is 16.0. The summed E-state index contributed by atoms with van der Waals surface area (Å²) in [4.78, 5) is 26.8. The minimum atomic E-state index is -0.422. The average Bonchev–Trinajstić information content (AvgIpc) is 3.09. The molecule has 0 aliphatic carbocycles. The molecular weight excluding hydrogens is 360 g/mol. The number of methoxy groups -OCH3 is 3. The minimum absolute atomic E-state index is 0.0484. The van der Waals surface area contributed by atoms with Crippen molar-refractivity contribution in [3.8, 4) is 17.2 Å². The first-order valence-corrected chi connectivity index (χ1v) is 8.98. The van der Waals surface area contributed by atoms with Gasteiger partial charge in [0.05, 0.1) is 32.9 Å². The molecule has 3 rings (SSSR count). The van der Waals surface area contributed by atoms with E-state index in [1.165, 1.54) is 7.11 Å². The highest BCUT2D eigenvalue weighted by atomic mass is 16.5. The summed E-state index contributed by atoms with van der Waals surface area (Å²) in [5.74, 6) is 1.18. The van der Waals surface area contributed by atoms with Gasteiger partial charge in [0, 0.05) is 31.1 Å². The number of rotatable bonds is 7. The Labute approximate surface area is 164 Å². The topological polar surface area (TPSA) is 77.1 Å². The maximum absolute atomic E-state index is 12.7. The second-order valence-corrected chi connectivity index (χ2v) is 6.54. The highest BCUT2D eigenvalue weighted by molar-refractivity contribution is 5.98. The lowest BCUT2D eigenvalue weighted by atomic mass is 10.1. The number of carbonyl (C=O) groups is 2. The number of amides is 2. The van der Waals surface area contributed by atoms with Crippen molar-refractivity contribution in [3.05, 3.63) is 48.0 Å². The van der Waals surface area contributed by atoms with Crippen molar-refractivity contribution in [1.29, 1.82) is 0 Å². The summed E-state index contributed by atoms with van der Waals surface area (Å²) in [5, 5.41) is 2.86. The summed E-state index contributed by atoms with van der Waals surface area (Å²) in [5.41, 5.74) is 1.46. The van der Waals surface area contributed by atoms with Gasteiger partial charge in [-0.05, 0) is 18.2 Å². The van der Waals surface area contributed by atoms with Crippen LogP contribution in [0.5, 0.6) is 17.2 Å². The number of hydrogen-bond donors (Lipinski definition) is 1. The van der Waals surface area contributed by atoms with Crippen LogP contribution in [0.2, 0.25) is 0 Å². The van der Waals surface area contributed by atoms with Crippen molar-refractivity contribution in [2.45, 2.75) is 13.0 Å². The molecule has 7 heteroatoms. The molecular formula is C21H24N2O5. The van der Waals surface area contributed by atoms with Gasteiger partial charge in [0.2, 0.25) is 11.8 Å². The molecule has 0 radical (unpaired) electrons. The summed E-state index contributed by atoms with van der Waals surface area (Å²) in [6, 6.07) is 12.7. The van der Waals surface area contributed by atoms with Crippen LogP contribution in [0.4, 0.5) is 5.69 Å². The molecule has 0 spiro atoms. The number of benzene rings is 2. The number of ether oxygens (including phenoxy) is 3. The Hall–Kier alpha value is -3.22. The molecule has 1 saturated heterocycles. The van der Waals surface area contributed by atoms with Crippen molar-refractivity contribution in [1.82, 2.24) is 4.90 Å². The highest BCUT2D eigenvalue weighted by Gasteiger charge is 2.34. The molecule has 7 nitrogen and oxygen atoms in total. The summed E-state index contributed by atoms with van der Waals surface area (Å²) in [6.45, 7) is 0.777. The fourth-order valence-corrected chi connectivity index (χ4v) is 3.28. The first kappa shape index (κ1) is 19.5. The average molecular weight is 384 g/mol. The lowest BCUT2D eigenvalue weighted by Gasteiger charge is -2.18. The maximum atomic E-state index is 12.7. The molecule has 1 N–H and O–H groups in total. The molecule has 1 aliphatic rings. The minimum Gasteiger partial charge on any atom is -0.497 e. The van der Waals surface area contributed by atoms with Crippen LogP contribution in [0.3, 0.4) is 0 Å². The predicted octanol–water partition coefficient (Wildman–Crippen LogP) is 2.70. The second-order valence-electron chi connectivity index (χ2n) is 6.54. The van der Waals surface area contributed by atoms with Crippen LogP contribution in [0.15, 0.2) is 42.5 Å². The predicted molar refractivity (Wildman–Crippen MR) is 105 cm³/mol. The molecule has 0 bridgehead atoms. The third kappa shape index (κ3) is 4.19. The quantitative estimate of drug-likeness (QED) is 0.794. The SMILES string of the molecule is COc1ccc(NC(=O)C2CC(=O)N(Cc3ccccc3OC)C2)c(OC)c1. The smallest absolute Gasteiger partial charge is 0.229 e.